The Morgan fingerprint density at radius 1 is 1.41 bits per heavy atom. The van der Waals surface area contributed by atoms with Gasteiger partial charge in [-0.2, -0.15) is 0 Å². The lowest BCUT2D eigenvalue weighted by atomic mass is 10.1. The smallest absolute Gasteiger partial charge is 0.316 e. The summed E-state index contributed by atoms with van der Waals surface area (Å²) in [6, 6.07) is 5.10. The molecule has 1 aromatic carbocycles. The fourth-order valence-corrected chi connectivity index (χ4v) is 5.00. The number of nitrogens with zero attached hydrogens (tertiary/aromatic N) is 3. The van der Waals surface area contributed by atoms with Gasteiger partial charge in [-0.1, -0.05) is 29.2 Å². The number of fused-ring (bicyclic) bond motifs is 1. The molecular formula is C16H18N4O6S3. The zero-order valence-electron chi connectivity index (χ0n) is 15.7. The zero-order valence-corrected chi connectivity index (χ0v) is 18.2. The second-order valence-corrected chi connectivity index (χ2v) is 10.2. The van der Waals surface area contributed by atoms with Crippen molar-refractivity contribution in [2.24, 2.45) is 0 Å². The molecule has 2 heterocycles. The van der Waals surface area contributed by atoms with E-state index in [2.05, 4.69) is 20.3 Å². The van der Waals surface area contributed by atoms with E-state index in [0.717, 1.165) is 39.2 Å². The van der Waals surface area contributed by atoms with Crippen LogP contribution in [0.1, 0.15) is 5.56 Å². The predicted octanol–water partition coefficient (Wildman–Crippen LogP) is 1.28. The van der Waals surface area contributed by atoms with Crippen molar-refractivity contribution in [2.75, 3.05) is 35.3 Å². The summed E-state index contributed by atoms with van der Waals surface area (Å²) in [5, 5.41) is 10.5. The lowest BCUT2D eigenvalue weighted by Gasteiger charge is -2.33. The van der Waals surface area contributed by atoms with Crippen LogP contribution in [-0.4, -0.2) is 62.3 Å². The molecule has 0 spiro atoms. The third kappa shape index (κ3) is 5.16. The second kappa shape index (κ2) is 8.55. The fraction of sp³-hybridized carbons (Fsp3) is 0.375. The van der Waals surface area contributed by atoms with E-state index in [-0.39, 0.29) is 17.4 Å². The van der Waals surface area contributed by atoms with Crippen LogP contribution in [0.2, 0.25) is 0 Å². The lowest BCUT2D eigenvalue weighted by molar-refractivity contribution is -0.137. The molecule has 1 aromatic heterocycles. The first-order chi connectivity index (χ1) is 13.7. The SMILES string of the molecule is COC(=O)CSc1nnc(NC(=O)[C@H]2CN(S(C)(=O)=O)c3ccc(C)cc3O2)s1. The molecule has 10 nitrogen and oxygen atoms in total. The van der Waals surface area contributed by atoms with Crippen LogP contribution in [0.3, 0.4) is 0 Å². The van der Waals surface area contributed by atoms with Crippen molar-refractivity contribution in [3.05, 3.63) is 23.8 Å². The fourth-order valence-electron chi connectivity index (χ4n) is 2.50. The molecule has 1 aliphatic rings. The van der Waals surface area contributed by atoms with Crippen molar-refractivity contribution < 1.29 is 27.5 Å². The van der Waals surface area contributed by atoms with Crippen molar-refractivity contribution in [1.82, 2.24) is 10.2 Å². The quantitative estimate of drug-likeness (QED) is 0.387. The van der Waals surface area contributed by atoms with E-state index < -0.39 is 28.0 Å². The van der Waals surface area contributed by atoms with E-state index >= 15 is 0 Å². The maximum absolute atomic E-state index is 12.7. The molecule has 0 aliphatic carbocycles. The van der Waals surface area contributed by atoms with Crippen LogP contribution in [-0.2, 0) is 24.3 Å². The van der Waals surface area contributed by atoms with E-state index in [0.29, 0.717) is 15.8 Å². The van der Waals surface area contributed by atoms with E-state index in [1.54, 1.807) is 18.2 Å². The summed E-state index contributed by atoms with van der Waals surface area (Å²) < 4.78 is 36.3. The van der Waals surface area contributed by atoms with Gasteiger partial charge in [0.2, 0.25) is 15.2 Å². The maximum atomic E-state index is 12.7. The molecule has 156 valence electrons. The Morgan fingerprint density at radius 2 is 2.17 bits per heavy atom. The summed E-state index contributed by atoms with van der Waals surface area (Å²) in [5.74, 6) is -0.564. The number of benzene rings is 1. The van der Waals surface area contributed by atoms with Crippen molar-refractivity contribution in [3.8, 4) is 5.75 Å². The number of rotatable bonds is 6. The van der Waals surface area contributed by atoms with Gasteiger partial charge in [-0.05, 0) is 24.6 Å². The van der Waals surface area contributed by atoms with Crippen LogP contribution in [0.15, 0.2) is 22.5 Å². The van der Waals surface area contributed by atoms with Gasteiger partial charge in [0.25, 0.3) is 5.91 Å². The number of carbonyl (C=O) groups is 2. The summed E-state index contributed by atoms with van der Waals surface area (Å²) >= 11 is 2.22. The minimum atomic E-state index is -3.60. The van der Waals surface area contributed by atoms with Crippen LogP contribution in [0.25, 0.3) is 0 Å². The van der Waals surface area contributed by atoms with Crippen LogP contribution in [0.4, 0.5) is 10.8 Å². The highest BCUT2D eigenvalue weighted by atomic mass is 32.2. The normalized spacial score (nSPS) is 16.0. The Kier molecular flexibility index (Phi) is 6.29. The Balaban J connectivity index is 1.73. The highest BCUT2D eigenvalue weighted by Gasteiger charge is 2.35. The van der Waals surface area contributed by atoms with Gasteiger partial charge in [0, 0.05) is 0 Å². The number of nitrogens with one attached hydrogen (secondary N) is 1. The van der Waals surface area contributed by atoms with Gasteiger partial charge in [0.1, 0.15) is 5.75 Å². The van der Waals surface area contributed by atoms with Gasteiger partial charge >= 0.3 is 5.97 Å². The molecule has 1 amide bonds. The van der Waals surface area contributed by atoms with Crippen molar-refractivity contribution >= 4 is 55.8 Å². The Labute approximate surface area is 175 Å². The number of carbonyl (C=O) groups excluding carboxylic acids is 2. The number of ether oxygens (including phenoxy) is 2. The maximum Gasteiger partial charge on any atom is 0.316 e. The van der Waals surface area contributed by atoms with E-state index in [4.69, 9.17) is 4.74 Å². The summed E-state index contributed by atoms with van der Waals surface area (Å²) in [6.45, 7) is 1.68. The van der Waals surface area contributed by atoms with Gasteiger partial charge < -0.3 is 9.47 Å². The number of hydrogen-bond donors (Lipinski definition) is 1. The van der Waals surface area contributed by atoms with Crippen LogP contribution >= 0.6 is 23.1 Å². The minimum Gasteiger partial charge on any atom is -0.476 e. The highest BCUT2D eigenvalue weighted by molar-refractivity contribution is 8.01. The highest BCUT2D eigenvalue weighted by Crippen LogP contribution is 2.36. The molecule has 0 bridgehead atoms. The Bertz CT molecular complexity index is 1040. The molecule has 0 saturated heterocycles. The van der Waals surface area contributed by atoms with Crippen LogP contribution in [0.5, 0.6) is 5.75 Å². The van der Waals surface area contributed by atoms with Crippen LogP contribution in [0, 0.1) is 6.92 Å². The molecule has 1 N–H and O–H groups in total. The Hall–Kier alpha value is -2.38. The standard InChI is InChI=1S/C16H18N4O6S3/c1-9-4-5-10-11(6-9)26-12(7-20(10)29(3,23)24)14(22)17-15-18-19-16(28-15)27-8-13(21)25-2/h4-6,12H,7-8H2,1-3H3,(H,17,18,22)/t12-/m1/s1. The number of sulfonamides is 1. The number of hydrogen-bond acceptors (Lipinski definition) is 10. The first-order valence-corrected chi connectivity index (χ1v) is 11.9. The second-order valence-electron chi connectivity index (χ2n) is 6.10. The first kappa shape index (κ1) is 21.3. The minimum absolute atomic E-state index is 0.0737. The van der Waals surface area contributed by atoms with Crippen LogP contribution < -0.4 is 14.4 Å². The molecule has 2 aromatic rings. The van der Waals surface area contributed by atoms with Gasteiger partial charge in [-0.25, -0.2) is 8.42 Å². The van der Waals surface area contributed by atoms with E-state index in [9.17, 15) is 18.0 Å². The van der Waals surface area contributed by atoms with E-state index in [1.807, 2.05) is 6.92 Å². The number of thioether (sulfide) groups is 1. The molecule has 0 radical (unpaired) electrons. The number of methoxy groups -OCH3 is 1. The molecule has 0 saturated carbocycles. The average molecular weight is 459 g/mol. The Morgan fingerprint density at radius 3 is 2.86 bits per heavy atom. The summed E-state index contributed by atoms with van der Waals surface area (Å²) in [6.07, 6.45) is 0.0148. The van der Waals surface area contributed by atoms with Crippen molar-refractivity contribution in [1.29, 1.82) is 0 Å². The number of amides is 1. The third-order valence-corrected chi connectivity index (χ3v) is 6.95. The largest absolute Gasteiger partial charge is 0.476 e. The molecule has 1 aliphatic heterocycles. The van der Waals surface area contributed by atoms with Crippen molar-refractivity contribution in [3.63, 3.8) is 0 Å². The van der Waals surface area contributed by atoms with Gasteiger partial charge in [-0.15, -0.1) is 10.2 Å². The van der Waals surface area contributed by atoms with Gasteiger partial charge in [-0.3, -0.25) is 19.2 Å². The number of aryl methyl sites for hydroxylation is 1. The van der Waals surface area contributed by atoms with Crippen molar-refractivity contribution in [2.45, 2.75) is 17.4 Å². The van der Waals surface area contributed by atoms with Gasteiger partial charge in [0.05, 0.1) is 31.4 Å². The monoisotopic (exact) mass is 458 g/mol. The summed E-state index contributed by atoms with van der Waals surface area (Å²) in [7, 11) is -2.31. The number of esters is 1. The van der Waals surface area contributed by atoms with E-state index in [1.165, 1.54) is 7.11 Å². The molecular weight excluding hydrogens is 440 g/mol. The first-order valence-electron chi connectivity index (χ1n) is 8.26. The molecule has 0 fully saturated rings. The lowest BCUT2D eigenvalue weighted by Crippen LogP contribution is -2.48. The predicted molar refractivity (Wildman–Crippen MR) is 109 cm³/mol. The molecule has 1 atom stereocenters. The average Bonchev–Trinajstić information content (AvgIpc) is 3.11. The molecule has 0 unspecified atom stereocenters. The topological polar surface area (TPSA) is 128 Å². The number of anilines is 2. The molecule has 29 heavy (non-hydrogen) atoms. The summed E-state index contributed by atoms with van der Waals surface area (Å²) in [5.41, 5.74) is 1.26. The van der Waals surface area contributed by atoms with Gasteiger partial charge in [0.15, 0.2) is 10.4 Å². The third-order valence-electron chi connectivity index (χ3n) is 3.86. The number of aromatic nitrogens is 2. The summed E-state index contributed by atoms with van der Waals surface area (Å²) in [4.78, 5) is 23.8. The molecule has 13 heteroatoms. The zero-order chi connectivity index (χ0) is 21.2. The molecule has 3 rings (SSSR count).